The zero-order valence-corrected chi connectivity index (χ0v) is 11.2. The monoisotopic (exact) mass is 242 g/mol. The molecule has 0 amide bonds. The van der Waals surface area contributed by atoms with Crippen LogP contribution in [0.5, 0.6) is 0 Å². The minimum Gasteiger partial charge on any atom is -0.317 e. The van der Waals surface area contributed by atoms with Crippen molar-refractivity contribution in [2.75, 3.05) is 44.2 Å². The van der Waals surface area contributed by atoms with Crippen molar-refractivity contribution in [3.8, 4) is 0 Å². The highest BCUT2D eigenvalue weighted by Gasteiger charge is 2.13. The van der Waals surface area contributed by atoms with Crippen LogP contribution >= 0.6 is 11.8 Å². The zero-order chi connectivity index (χ0) is 11.1. The van der Waals surface area contributed by atoms with Gasteiger partial charge in [0.15, 0.2) is 0 Å². The summed E-state index contributed by atoms with van der Waals surface area (Å²) in [7, 11) is 0. The number of nitrogens with one attached hydrogen (secondary N) is 1. The van der Waals surface area contributed by atoms with Gasteiger partial charge in [-0.1, -0.05) is 12.8 Å². The quantitative estimate of drug-likeness (QED) is 0.744. The molecule has 3 heteroatoms. The SMILES string of the molecule is C(CCN1CCSCC1)CC1CCNCC1. The third kappa shape index (κ3) is 4.64. The summed E-state index contributed by atoms with van der Waals surface area (Å²) < 4.78 is 0. The van der Waals surface area contributed by atoms with E-state index in [1.54, 1.807) is 0 Å². The number of rotatable bonds is 5. The van der Waals surface area contributed by atoms with Crippen molar-refractivity contribution >= 4 is 11.8 Å². The molecule has 0 aromatic carbocycles. The van der Waals surface area contributed by atoms with E-state index in [2.05, 4.69) is 22.0 Å². The lowest BCUT2D eigenvalue weighted by atomic mass is 9.92. The summed E-state index contributed by atoms with van der Waals surface area (Å²) >= 11 is 2.11. The van der Waals surface area contributed by atoms with E-state index >= 15 is 0 Å². The molecule has 16 heavy (non-hydrogen) atoms. The van der Waals surface area contributed by atoms with Crippen LogP contribution in [-0.4, -0.2) is 49.1 Å². The van der Waals surface area contributed by atoms with Crippen molar-refractivity contribution in [2.45, 2.75) is 32.1 Å². The lowest BCUT2D eigenvalue weighted by Gasteiger charge is -2.26. The van der Waals surface area contributed by atoms with E-state index in [1.807, 2.05) is 0 Å². The summed E-state index contributed by atoms with van der Waals surface area (Å²) in [4.78, 5) is 2.65. The number of piperidine rings is 1. The van der Waals surface area contributed by atoms with Gasteiger partial charge in [0, 0.05) is 24.6 Å². The van der Waals surface area contributed by atoms with Gasteiger partial charge in [0.1, 0.15) is 0 Å². The molecule has 0 aromatic heterocycles. The second-order valence-corrected chi connectivity index (χ2v) is 6.37. The molecule has 2 aliphatic rings. The van der Waals surface area contributed by atoms with Crippen molar-refractivity contribution in [1.82, 2.24) is 10.2 Å². The molecule has 2 aliphatic heterocycles. The Balaban J connectivity index is 1.47. The summed E-state index contributed by atoms with van der Waals surface area (Å²) in [6.07, 6.45) is 7.19. The highest BCUT2D eigenvalue weighted by atomic mass is 32.2. The fourth-order valence-corrected chi connectivity index (χ4v) is 3.74. The molecule has 94 valence electrons. The summed E-state index contributed by atoms with van der Waals surface area (Å²) in [5.41, 5.74) is 0. The summed E-state index contributed by atoms with van der Waals surface area (Å²) in [6.45, 7) is 6.53. The van der Waals surface area contributed by atoms with Gasteiger partial charge in [-0.25, -0.2) is 0 Å². The number of hydrogen-bond donors (Lipinski definition) is 1. The molecule has 2 nitrogen and oxygen atoms in total. The Morgan fingerprint density at radius 1 is 1.06 bits per heavy atom. The maximum Gasteiger partial charge on any atom is 0.00727 e. The van der Waals surface area contributed by atoms with E-state index in [-0.39, 0.29) is 0 Å². The maximum atomic E-state index is 3.45. The van der Waals surface area contributed by atoms with Crippen molar-refractivity contribution in [3.63, 3.8) is 0 Å². The van der Waals surface area contributed by atoms with Crippen LogP contribution in [0.2, 0.25) is 0 Å². The predicted octanol–water partition coefficient (Wildman–Crippen LogP) is 2.21. The minimum atomic E-state index is 1.03. The molecule has 0 aliphatic carbocycles. The molecule has 1 N–H and O–H groups in total. The fraction of sp³-hybridized carbons (Fsp3) is 1.00. The van der Waals surface area contributed by atoms with E-state index in [4.69, 9.17) is 0 Å². The Labute approximate surface area is 105 Å². The molecule has 0 saturated carbocycles. The average molecular weight is 242 g/mol. The van der Waals surface area contributed by atoms with Crippen LogP contribution < -0.4 is 5.32 Å². The standard InChI is InChI=1S/C13H26N2S/c1(3-13-4-6-14-7-5-13)2-8-15-9-11-16-12-10-15/h13-14H,1-12H2. The number of thioether (sulfide) groups is 1. The number of unbranched alkanes of at least 4 members (excludes halogenated alkanes) is 1. The lowest BCUT2D eigenvalue weighted by Crippen LogP contribution is -2.33. The van der Waals surface area contributed by atoms with E-state index in [9.17, 15) is 0 Å². The van der Waals surface area contributed by atoms with Crippen LogP contribution in [0.15, 0.2) is 0 Å². The second kappa shape index (κ2) is 7.57. The van der Waals surface area contributed by atoms with Crippen LogP contribution in [0.1, 0.15) is 32.1 Å². The van der Waals surface area contributed by atoms with Crippen LogP contribution in [0.25, 0.3) is 0 Å². The van der Waals surface area contributed by atoms with E-state index in [0.29, 0.717) is 0 Å². The topological polar surface area (TPSA) is 15.3 Å². The average Bonchev–Trinajstić information content (AvgIpc) is 2.37. The molecule has 2 heterocycles. The molecule has 0 atom stereocenters. The minimum absolute atomic E-state index is 1.03. The van der Waals surface area contributed by atoms with Gasteiger partial charge in [-0.3, -0.25) is 0 Å². The summed E-state index contributed by atoms with van der Waals surface area (Å²) in [5.74, 6) is 3.74. The first-order valence-electron chi connectivity index (χ1n) is 6.96. The van der Waals surface area contributed by atoms with Gasteiger partial charge in [0.25, 0.3) is 0 Å². The molecule has 0 spiro atoms. The van der Waals surface area contributed by atoms with Crippen LogP contribution in [0.3, 0.4) is 0 Å². The smallest absolute Gasteiger partial charge is 0.00727 e. The number of nitrogens with zero attached hydrogens (tertiary/aromatic N) is 1. The zero-order valence-electron chi connectivity index (χ0n) is 10.4. The molecule has 0 radical (unpaired) electrons. The molecular formula is C13H26N2S. The van der Waals surface area contributed by atoms with Gasteiger partial charge in [-0.2, -0.15) is 11.8 Å². The Bertz CT molecular complexity index is 155. The van der Waals surface area contributed by atoms with Gasteiger partial charge >= 0.3 is 0 Å². The molecule has 2 fully saturated rings. The third-order valence-corrected chi connectivity index (χ3v) is 4.84. The molecule has 0 aromatic rings. The molecule has 0 unspecified atom stereocenters. The Kier molecular flexibility index (Phi) is 6.02. The first-order chi connectivity index (χ1) is 7.95. The first-order valence-corrected chi connectivity index (χ1v) is 8.11. The van der Waals surface area contributed by atoms with Crippen molar-refractivity contribution in [2.24, 2.45) is 5.92 Å². The Morgan fingerprint density at radius 2 is 1.81 bits per heavy atom. The maximum absolute atomic E-state index is 3.45. The van der Waals surface area contributed by atoms with Gasteiger partial charge in [-0.15, -0.1) is 0 Å². The fourth-order valence-electron chi connectivity index (χ4n) is 2.76. The third-order valence-electron chi connectivity index (χ3n) is 3.90. The van der Waals surface area contributed by atoms with Gasteiger partial charge < -0.3 is 10.2 Å². The van der Waals surface area contributed by atoms with Gasteiger partial charge in [-0.05, 0) is 44.8 Å². The number of hydrogen-bond acceptors (Lipinski definition) is 3. The molecule has 2 saturated heterocycles. The summed E-state index contributed by atoms with van der Waals surface area (Å²) in [5, 5.41) is 3.45. The highest BCUT2D eigenvalue weighted by molar-refractivity contribution is 7.99. The van der Waals surface area contributed by atoms with E-state index in [1.165, 1.54) is 76.3 Å². The van der Waals surface area contributed by atoms with Crippen molar-refractivity contribution in [3.05, 3.63) is 0 Å². The van der Waals surface area contributed by atoms with Crippen molar-refractivity contribution < 1.29 is 0 Å². The van der Waals surface area contributed by atoms with Crippen molar-refractivity contribution in [1.29, 1.82) is 0 Å². The van der Waals surface area contributed by atoms with E-state index < -0.39 is 0 Å². The molecular weight excluding hydrogens is 216 g/mol. The van der Waals surface area contributed by atoms with Gasteiger partial charge in [0.2, 0.25) is 0 Å². The molecule has 0 bridgehead atoms. The lowest BCUT2D eigenvalue weighted by molar-refractivity contribution is 0.282. The van der Waals surface area contributed by atoms with Crippen LogP contribution in [-0.2, 0) is 0 Å². The van der Waals surface area contributed by atoms with Crippen LogP contribution in [0.4, 0.5) is 0 Å². The van der Waals surface area contributed by atoms with Gasteiger partial charge in [0.05, 0.1) is 0 Å². The normalized spacial score (nSPS) is 24.8. The second-order valence-electron chi connectivity index (χ2n) is 5.14. The largest absolute Gasteiger partial charge is 0.317 e. The first kappa shape index (κ1) is 12.7. The molecule has 2 rings (SSSR count). The Hall–Kier alpha value is 0.270. The highest BCUT2D eigenvalue weighted by Crippen LogP contribution is 2.19. The van der Waals surface area contributed by atoms with E-state index in [0.717, 1.165) is 5.92 Å². The Morgan fingerprint density at radius 3 is 2.56 bits per heavy atom. The predicted molar refractivity (Wildman–Crippen MR) is 73.2 cm³/mol. The summed E-state index contributed by atoms with van der Waals surface area (Å²) in [6, 6.07) is 0. The van der Waals surface area contributed by atoms with Crippen LogP contribution in [0, 0.1) is 5.92 Å².